The van der Waals surface area contributed by atoms with E-state index in [-0.39, 0.29) is 12.1 Å². The number of urea groups is 1. The number of hydrazine groups is 1. The van der Waals surface area contributed by atoms with E-state index < -0.39 is 23.9 Å². The maximum atomic E-state index is 13.3. The number of rotatable bonds is 3. The number of nitrogens with one attached hydrogen (secondary N) is 1. The van der Waals surface area contributed by atoms with Gasteiger partial charge in [-0.25, -0.2) is 14.2 Å². The summed E-state index contributed by atoms with van der Waals surface area (Å²) in [5.41, 5.74) is 8.95. The zero-order valence-electron chi connectivity index (χ0n) is 12.9. The van der Waals surface area contributed by atoms with E-state index in [1.807, 2.05) is 0 Å². The van der Waals surface area contributed by atoms with Crippen molar-refractivity contribution in [2.75, 3.05) is 5.01 Å². The molecule has 0 radical (unpaired) electrons. The van der Waals surface area contributed by atoms with Gasteiger partial charge in [0.05, 0.1) is 11.4 Å². The van der Waals surface area contributed by atoms with E-state index >= 15 is 0 Å². The van der Waals surface area contributed by atoms with Crippen molar-refractivity contribution in [2.45, 2.75) is 12.5 Å². The molecule has 0 bridgehead atoms. The number of hydrogen-bond acceptors (Lipinski definition) is 5. The summed E-state index contributed by atoms with van der Waals surface area (Å²) in [6.07, 6.45) is 2.48. The van der Waals surface area contributed by atoms with E-state index in [1.54, 1.807) is 24.5 Å². The molecule has 1 atom stereocenters. The van der Waals surface area contributed by atoms with E-state index in [0.29, 0.717) is 5.71 Å². The SMILES string of the molecule is NC(=O)N(NC(=O)C1CC(c2cccnc2)=NO1)c1cccc(F)c1. The van der Waals surface area contributed by atoms with Gasteiger partial charge >= 0.3 is 6.03 Å². The van der Waals surface area contributed by atoms with Gasteiger partial charge < -0.3 is 10.6 Å². The van der Waals surface area contributed by atoms with Gasteiger partial charge in [-0.3, -0.25) is 15.2 Å². The molecule has 1 aliphatic rings. The van der Waals surface area contributed by atoms with Crippen LogP contribution in [0.25, 0.3) is 0 Å². The minimum absolute atomic E-state index is 0.0900. The fourth-order valence-electron chi connectivity index (χ4n) is 2.27. The van der Waals surface area contributed by atoms with Crippen molar-refractivity contribution in [1.29, 1.82) is 0 Å². The molecule has 1 unspecified atom stereocenters. The Morgan fingerprint density at radius 1 is 1.32 bits per heavy atom. The van der Waals surface area contributed by atoms with Gasteiger partial charge in [0.1, 0.15) is 5.82 Å². The summed E-state index contributed by atoms with van der Waals surface area (Å²) >= 11 is 0. The molecule has 0 fully saturated rings. The third-order valence-electron chi connectivity index (χ3n) is 3.46. The number of aromatic nitrogens is 1. The summed E-state index contributed by atoms with van der Waals surface area (Å²) in [6, 6.07) is 7.66. The fraction of sp³-hybridized carbons (Fsp3) is 0.125. The first-order valence-electron chi connectivity index (χ1n) is 7.33. The standard InChI is InChI=1S/C16H14FN5O3/c17-11-4-1-5-12(7-11)22(16(18)24)20-15(23)14-8-13(21-25-14)10-3-2-6-19-9-10/h1-7,9,14H,8H2,(H2,18,24)(H,20,23). The van der Waals surface area contributed by atoms with Crippen LogP contribution in [-0.4, -0.2) is 28.7 Å². The topological polar surface area (TPSA) is 110 Å². The first kappa shape index (κ1) is 16.4. The lowest BCUT2D eigenvalue weighted by atomic mass is 10.1. The van der Waals surface area contributed by atoms with Crippen LogP contribution in [-0.2, 0) is 9.63 Å². The number of nitrogens with zero attached hydrogens (tertiary/aromatic N) is 3. The Labute approximate surface area is 142 Å². The largest absolute Gasteiger partial charge is 0.382 e. The number of benzene rings is 1. The lowest BCUT2D eigenvalue weighted by Crippen LogP contribution is -2.52. The van der Waals surface area contributed by atoms with Gasteiger partial charge in [-0.15, -0.1) is 0 Å². The monoisotopic (exact) mass is 343 g/mol. The summed E-state index contributed by atoms with van der Waals surface area (Å²) < 4.78 is 13.3. The highest BCUT2D eigenvalue weighted by Crippen LogP contribution is 2.18. The molecule has 2 heterocycles. The first-order valence-corrected chi connectivity index (χ1v) is 7.33. The smallest absolute Gasteiger partial charge is 0.338 e. The molecule has 2 aromatic rings. The number of anilines is 1. The Balaban J connectivity index is 1.68. The molecule has 3 N–H and O–H groups in total. The van der Waals surface area contributed by atoms with E-state index in [0.717, 1.165) is 16.6 Å². The second kappa shape index (κ2) is 6.95. The summed E-state index contributed by atoms with van der Waals surface area (Å²) in [4.78, 5) is 33.0. The number of carbonyl (C=O) groups is 2. The van der Waals surface area contributed by atoms with Gasteiger partial charge in [-0.05, 0) is 30.3 Å². The van der Waals surface area contributed by atoms with Crippen LogP contribution in [0.2, 0.25) is 0 Å². The number of oxime groups is 1. The number of halogens is 1. The number of amides is 3. The quantitative estimate of drug-likeness (QED) is 0.819. The molecule has 3 rings (SSSR count). The van der Waals surface area contributed by atoms with Crippen molar-refractivity contribution in [2.24, 2.45) is 10.9 Å². The molecule has 8 nitrogen and oxygen atoms in total. The van der Waals surface area contributed by atoms with Gasteiger partial charge in [0.25, 0.3) is 5.91 Å². The molecule has 128 valence electrons. The predicted octanol–water partition coefficient (Wildman–Crippen LogP) is 1.33. The number of hydrogen-bond donors (Lipinski definition) is 2. The molecule has 0 saturated carbocycles. The second-order valence-corrected chi connectivity index (χ2v) is 5.21. The molecule has 0 spiro atoms. The number of pyridine rings is 1. The van der Waals surface area contributed by atoms with Gasteiger partial charge in [-0.1, -0.05) is 11.2 Å². The Morgan fingerprint density at radius 3 is 2.84 bits per heavy atom. The third-order valence-corrected chi connectivity index (χ3v) is 3.46. The first-order chi connectivity index (χ1) is 12.0. The van der Waals surface area contributed by atoms with Gasteiger partial charge in [0.2, 0.25) is 6.10 Å². The third kappa shape index (κ3) is 3.71. The highest BCUT2D eigenvalue weighted by atomic mass is 19.1. The van der Waals surface area contributed by atoms with Crippen molar-refractivity contribution < 1.29 is 18.8 Å². The molecule has 1 aliphatic heterocycles. The molecular formula is C16H14FN5O3. The van der Waals surface area contributed by atoms with Crippen LogP contribution in [0.5, 0.6) is 0 Å². The highest BCUT2D eigenvalue weighted by molar-refractivity contribution is 6.04. The number of nitrogens with two attached hydrogens (primary N) is 1. The van der Waals surface area contributed by atoms with Gasteiger partial charge in [0.15, 0.2) is 0 Å². The average Bonchev–Trinajstić information content (AvgIpc) is 3.10. The van der Waals surface area contributed by atoms with Crippen LogP contribution < -0.4 is 16.2 Å². The zero-order valence-corrected chi connectivity index (χ0v) is 12.9. The van der Waals surface area contributed by atoms with Crippen LogP contribution in [0.1, 0.15) is 12.0 Å². The van der Waals surface area contributed by atoms with Crippen LogP contribution in [0.15, 0.2) is 53.9 Å². The summed E-state index contributed by atoms with van der Waals surface area (Å²) in [7, 11) is 0. The summed E-state index contributed by atoms with van der Waals surface area (Å²) in [6.45, 7) is 0. The molecular weight excluding hydrogens is 329 g/mol. The van der Waals surface area contributed by atoms with Crippen molar-refractivity contribution in [3.05, 3.63) is 60.2 Å². The molecule has 0 aliphatic carbocycles. The average molecular weight is 343 g/mol. The van der Waals surface area contributed by atoms with Crippen molar-refractivity contribution in [1.82, 2.24) is 10.4 Å². The van der Waals surface area contributed by atoms with E-state index in [2.05, 4.69) is 15.6 Å². The Bertz CT molecular complexity index is 828. The minimum atomic E-state index is -0.967. The summed E-state index contributed by atoms with van der Waals surface area (Å²) in [5, 5.41) is 4.62. The van der Waals surface area contributed by atoms with Gasteiger partial charge in [0, 0.05) is 24.4 Å². The highest BCUT2D eigenvalue weighted by Gasteiger charge is 2.31. The van der Waals surface area contributed by atoms with E-state index in [9.17, 15) is 14.0 Å². The maximum absolute atomic E-state index is 13.3. The Morgan fingerprint density at radius 2 is 2.16 bits per heavy atom. The number of primary amides is 1. The van der Waals surface area contributed by atoms with Crippen LogP contribution >= 0.6 is 0 Å². The lowest BCUT2D eigenvalue weighted by Gasteiger charge is -2.22. The van der Waals surface area contributed by atoms with Crippen molar-refractivity contribution in [3.63, 3.8) is 0 Å². The predicted molar refractivity (Wildman–Crippen MR) is 86.9 cm³/mol. The molecule has 25 heavy (non-hydrogen) atoms. The lowest BCUT2D eigenvalue weighted by molar-refractivity contribution is -0.131. The Hall–Kier alpha value is -3.49. The molecule has 1 aromatic heterocycles. The van der Waals surface area contributed by atoms with Crippen molar-refractivity contribution >= 4 is 23.3 Å². The summed E-state index contributed by atoms with van der Waals surface area (Å²) in [5.74, 6) is -1.21. The normalized spacial score (nSPS) is 15.9. The zero-order chi connectivity index (χ0) is 17.8. The van der Waals surface area contributed by atoms with Crippen LogP contribution in [0, 0.1) is 5.82 Å². The van der Waals surface area contributed by atoms with Crippen molar-refractivity contribution in [3.8, 4) is 0 Å². The fourth-order valence-corrected chi connectivity index (χ4v) is 2.27. The Kier molecular flexibility index (Phi) is 4.55. The van der Waals surface area contributed by atoms with Gasteiger partial charge in [-0.2, -0.15) is 0 Å². The molecule has 3 amide bonds. The van der Waals surface area contributed by atoms with E-state index in [4.69, 9.17) is 10.6 Å². The maximum Gasteiger partial charge on any atom is 0.338 e. The van der Waals surface area contributed by atoms with Crippen LogP contribution in [0.4, 0.5) is 14.9 Å². The molecule has 9 heteroatoms. The number of carbonyl (C=O) groups excluding carboxylic acids is 2. The van der Waals surface area contributed by atoms with E-state index in [1.165, 1.54) is 18.2 Å². The minimum Gasteiger partial charge on any atom is -0.382 e. The second-order valence-electron chi connectivity index (χ2n) is 5.21. The molecule has 0 saturated heterocycles. The van der Waals surface area contributed by atoms with Crippen LogP contribution in [0.3, 0.4) is 0 Å². The molecule has 1 aromatic carbocycles.